The summed E-state index contributed by atoms with van der Waals surface area (Å²) in [5.74, 6) is 0.666. The number of nitrogens with zero attached hydrogens (tertiary/aromatic N) is 3. The van der Waals surface area contributed by atoms with Crippen molar-refractivity contribution in [3.63, 3.8) is 0 Å². The lowest BCUT2D eigenvalue weighted by Crippen LogP contribution is -2.08. The molecule has 0 saturated carbocycles. The predicted octanol–water partition coefficient (Wildman–Crippen LogP) is 2.33. The van der Waals surface area contributed by atoms with Crippen LogP contribution in [0.25, 0.3) is 0 Å². The van der Waals surface area contributed by atoms with E-state index >= 15 is 0 Å². The van der Waals surface area contributed by atoms with Gasteiger partial charge in [0.2, 0.25) is 0 Å². The fourth-order valence-corrected chi connectivity index (χ4v) is 1.58. The number of halogens is 2. The second kappa shape index (κ2) is 4.61. The minimum absolute atomic E-state index is 0.228. The Balaban J connectivity index is 2.08. The molecule has 0 atom stereocenters. The van der Waals surface area contributed by atoms with Crippen molar-refractivity contribution in [3.8, 4) is 0 Å². The fourth-order valence-electron chi connectivity index (χ4n) is 1.27. The number of pyridine rings is 1. The van der Waals surface area contributed by atoms with E-state index in [1.54, 1.807) is 12.4 Å². The zero-order chi connectivity index (χ0) is 11.5. The maximum Gasteiger partial charge on any atom is 0.166 e. The van der Waals surface area contributed by atoms with Crippen molar-refractivity contribution >= 4 is 21.7 Å². The van der Waals surface area contributed by atoms with Crippen LogP contribution in [0.15, 0.2) is 29.1 Å². The Morgan fingerprint density at radius 1 is 1.50 bits per heavy atom. The van der Waals surface area contributed by atoms with Crippen LogP contribution in [0.3, 0.4) is 0 Å². The van der Waals surface area contributed by atoms with E-state index < -0.39 is 0 Å². The lowest BCUT2D eigenvalue weighted by atomic mass is 10.4. The van der Waals surface area contributed by atoms with Crippen LogP contribution in [0, 0.1) is 5.82 Å². The number of nitrogens with one attached hydrogen (secondary N) is 1. The average molecular weight is 285 g/mol. The summed E-state index contributed by atoms with van der Waals surface area (Å²) in [5, 5.41) is 2.89. The van der Waals surface area contributed by atoms with Crippen LogP contribution in [-0.4, -0.2) is 14.5 Å². The number of hydrogen-bond acceptors (Lipinski definition) is 3. The van der Waals surface area contributed by atoms with Gasteiger partial charge in [-0.05, 0) is 22.0 Å². The molecule has 2 aromatic rings. The van der Waals surface area contributed by atoms with Crippen LogP contribution in [0.1, 0.15) is 5.82 Å². The minimum Gasteiger partial charge on any atom is -0.360 e. The number of rotatable bonds is 3. The molecule has 2 heterocycles. The van der Waals surface area contributed by atoms with Crippen LogP contribution < -0.4 is 5.32 Å². The Morgan fingerprint density at radius 2 is 2.31 bits per heavy atom. The largest absolute Gasteiger partial charge is 0.360 e. The van der Waals surface area contributed by atoms with Gasteiger partial charge < -0.3 is 9.88 Å². The summed E-state index contributed by atoms with van der Waals surface area (Å²) in [4.78, 5) is 8.06. The summed E-state index contributed by atoms with van der Waals surface area (Å²) >= 11 is 3.15. The molecule has 0 amide bonds. The highest BCUT2D eigenvalue weighted by molar-refractivity contribution is 9.10. The summed E-state index contributed by atoms with van der Waals surface area (Å²) in [6, 6.07) is 1.37. The van der Waals surface area contributed by atoms with Gasteiger partial charge in [-0.25, -0.2) is 14.4 Å². The number of anilines is 1. The molecule has 0 unspecified atom stereocenters. The summed E-state index contributed by atoms with van der Waals surface area (Å²) in [6.45, 7) is 0.440. The molecular formula is C10H10BrFN4. The molecule has 6 heteroatoms. The first-order chi connectivity index (χ1) is 7.66. The zero-order valence-electron chi connectivity index (χ0n) is 8.61. The van der Waals surface area contributed by atoms with Crippen molar-refractivity contribution in [3.05, 3.63) is 40.8 Å². The van der Waals surface area contributed by atoms with E-state index in [2.05, 4.69) is 31.2 Å². The van der Waals surface area contributed by atoms with Gasteiger partial charge in [0.25, 0.3) is 0 Å². The summed E-state index contributed by atoms with van der Waals surface area (Å²) < 4.78 is 15.9. The van der Waals surface area contributed by atoms with Crippen molar-refractivity contribution in [2.75, 3.05) is 5.32 Å². The Labute approximate surface area is 101 Å². The highest BCUT2D eigenvalue weighted by atomic mass is 79.9. The fraction of sp³-hybridized carbons (Fsp3) is 0.200. The maximum absolute atomic E-state index is 13.4. The van der Waals surface area contributed by atoms with E-state index in [-0.39, 0.29) is 11.6 Å². The first-order valence-electron chi connectivity index (χ1n) is 4.68. The lowest BCUT2D eigenvalue weighted by molar-refractivity contribution is 0.622. The third-order valence-corrected chi connectivity index (χ3v) is 2.58. The second-order valence-corrected chi connectivity index (χ2v) is 4.21. The van der Waals surface area contributed by atoms with Crippen LogP contribution in [0.5, 0.6) is 0 Å². The zero-order valence-corrected chi connectivity index (χ0v) is 10.2. The van der Waals surface area contributed by atoms with Gasteiger partial charge in [-0.2, -0.15) is 0 Å². The number of imidazole rings is 1. The van der Waals surface area contributed by atoms with E-state index in [9.17, 15) is 4.39 Å². The average Bonchev–Trinajstić information content (AvgIpc) is 2.63. The van der Waals surface area contributed by atoms with Gasteiger partial charge in [-0.1, -0.05) is 0 Å². The van der Waals surface area contributed by atoms with Gasteiger partial charge in [0.05, 0.1) is 6.54 Å². The monoisotopic (exact) mass is 284 g/mol. The van der Waals surface area contributed by atoms with Gasteiger partial charge in [0.15, 0.2) is 11.6 Å². The number of aryl methyl sites for hydroxylation is 1. The van der Waals surface area contributed by atoms with Crippen molar-refractivity contribution in [1.29, 1.82) is 0 Å². The van der Waals surface area contributed by atoms with Crippen molar-refractivity contribution < 1.29 is 4.39 Å². The number of aromatic nitrogens is 3. The molecule has 84 valence electrons. The highest BCUT2D eigenvalue weighted by Crippen LogP contribution is 2.16. The van der Waals surface area contributed by atoms with Gasteiger partial charge >= 0.3 is 0 Å². The van der Waals surface area contributed by atoms with Crippen LogP contribution in [0.4, 0.5) is 10.2 Å². The topological polar surface area (TPSA) is 42.7 Å². The first kappa shape index (κ1) is 11.1. The minimum atomic E-state index is -0.386. The van der Waals surface area contributed by atoms with E-state index in [4.69, 9.17) is 0 Å². The lowest BCUT2D eigenvalue weighted by Gasteiger charge is -2.06. The molecule has 0 saturated heterocycles. The summed E-state index contributed by atoms with van der Waals surface area (Å²) in [6.07, 6.45) is 5.08. The Bertz CT molecular complexity index is 497. The Kier molecular flexibility index (Phi) is 3.19. The molecule has 16 heavy (non-hydrogen) atoms. The first-order valence-corrected chi connectivity index (χ1v) is 5.47. The van der Waals surface area contributed by atoms with E-state index in [0.717, 1.165) is 5.82 Å². The molecule has 1 N–H and O–H groups in total. The Hall–Kier alpha value is -1.43. The second-order valence-electron chi connectivity index (χ2n) is 3.29. The van der Waals surface area contributed by atoms with Crippen molar-refractivity contribution in [1.82, 2.24) is 14.5 Å². The predicted molar refractivity (Wildman–Crippen MR) is 62.4 cm³/mol. The molecule has 0 aromatic carbocycles. The molecule has 4 nitrogen and oxygen atoms in total. The molecule has 2 aromatic heterocycles. The standard InChI is InChI=1S/C10H10BrFN4/c1-16-3-2-13-9(16)6-15-10-8(12)4-7(11)5-14-10/h2-5H,6H2,1H3,(H,14,15). The SMILES string of the molecule is Cn1ccnc1CNc1ncc(Br)cc1F. The molecule has 0 aliphatic carbocycles. The van der Waals surface area contributed by atoms with Crippen LogP contribution in [-0.2, 0) is 13.6 Å². The normalized spacial score (nSPS) is 10.4. The molecule has 0 bridgehead atoms. The molecule has 0 aliphatic rings. The van der Waals surface area contributed by atoms with Gasteiger partial charge in [-0.3, -0.25) is 0 Å². The van der Waals surface area contributed by atoms with Gasteiger partial charge in [0, 0.05) is 30.1 Å². The Morgan fingerprint density at radius 3 is 2.94 bits per heavy atom. The molecule has 0 fully saturated rings. The van der Waals surface area contributed by atoms with Crippen molar-refractivity contribution in [2.45, 2.75) is 6.54 Å². The maximum atomic E-state index is 13.4. The molecule has 0 spiro atoms. The van der Waals surface area contributed by atoms with Gasteiger partial charge in [-0.15, -0.1) is 0 Å². The molecule has 0 radical (unpaired) electrons. The smallest absolute Gasteiger partial charge is 0.166 e. The third-order valence-electron chi connectivity index (χ3n) is 2.14. The summed E-state index contributed by atoms with van der Waals surface area (Å²) in [5.41, 5.74) is 0. The number of hydrogen-bond donors (Lipinski definition) is 1. The highest BCUT2D eigenvalue weighted by Gasteiger charge is 2.05. The molecule has 0 aliphatic heterocycles. The van der Waals surface area contributed by atoms with Crippen LogP contribution >= 0.6 is 15.9 Å². The van der Waals surface area contributed by atoms with Gasteiger partial charge in [0.1, 0.15) is 5.82 Å². The van der Waals surface area contributed by atoms with Crippen molar-refractivity contribution in [2.24, 2.45) is 7.05 Å². The van der Waals surface area contributed by atoms with E-state index in [1.807, 2.05) is 17.8 Å². The third kappa shape index (κ3) is 2.38. The summed E-state index contributed by atoms with van der Waals surface area (Å²) in [7, 11) is 1.88. The van der Waals surface area contributed by atoms with E-state index in [1.165, 1.54) is 6.07 Å². The van der Waals surface area contributed by atoms with E-state index in [0.29, 0.717) is 11.0 Å². The quantitative estimate of drug-likeness (QED) is 0.941. The molecule has 2 rings (SSSR count). The molecular weight excluding hydrogens is 275 g/mol. The van der Waals surface area contributed by atoms with Crippen LogP contribution in [0.2, 0.25) is 0 Å².